The second kappa shape index (κ2) is 8.47. The molecule has 1 fully saturated rings. The highest BCUT2D eigenvalue weighted by Crippen LogP contribution is 2.07. The molecule has 1 saturated heterocycles. The maximum Gasteiger partial charge on any atom is 0.407 e. The van der Waals surface area contributed by atoms with E-state index in [0.29, 0.717) is 6.04 Å². The van der Waals surface area contributed by atoms with Crippen LogP contribution in [-0.4, -0.2) is 43.4 Å². The number of piperidine rings is 1. The molecule has 0 radical (unpaired) electrons. The molecule has 5 heteroatoms. The van der Waals surface area contributed by atoms with Crippen molar-refractivity contribution in [3.8, 4) is 0 Å². The second-order valence-corrected chi connectivity index (χ2v) is 6.56. The van der Waals surface area contributed by atoms with E-state index in [2.05, 4.69) is 22.9 Å². The third-order valence-corrected chi connectivity index (χ3v) is 3.41. The first-order valence-corrected chi connectivity index (χ1v) is 7.84. The predicted molar refractivity (Wildman–Crippen MR) is 82.0 cm³/mol. The van der Waals surface area contributed by atoms with Crippen molar-refractivity contribution < 1.29 is 9.53 Å². The molecule has 0 aliphatic carbocycles. The van der Waals surface area contributed by atoms with Crippen molar-refractivity contribution in [1.82, 2.24) is 16.0 Å². The Morgan fingerprint density at radius 3 is 2.70 bits per heavy atom. The maximum atomic E-state index is 11.7. The van der Waals surface area contributed by atoms with Gasteiger partial charge in [0.2, 0.25) is 0 Å². The molecule has 1 heterocycles. The molecular formula is C15H31N3O2. The van der Waals surface area contributed by atoms with Gasteiger partial charge in [-0.3, -0.25) is 0 Å². The Morgan fingerprint density at radius 1 is 1.40 bits per heavy atom. The summed E-state index contributed by atoms with van der Waals surface area (Å²) in [7, 11) is 0. The highest BCUT2D eigenvalue weighted by Gasteiger charge is 2.19. The van der Waals surface area contributed by atoms with E-state index in [-0.39, 0.29) is 12.1 Å². The van der Waals surface area contributed by atoms with Crippen LogP contribution in [0.25, 0.3) is 0 Å². The zero-order valence-corrected chi connectivity index (χ0v) is 13.4. The molecule has 2 atom stereocenters. The normalized spacial score (nSPS) is 21.3. The third-order valence-electron chi connectivity index (χ3n) is 3.41. The SMILES string of the molecule is CCC(CNCC1CCCCN1)NC(=O)OC(C)(C)C. The zero-order chi connectivity index (χ0) is 15.0. The number of ether oxygens (including phenoxy) is 1. The van der Waals surface area contributed by atoms with Gasteiger partial charge in [0, 0.05) is 25.2 Å². The molecule has 1 amide bonds. The summed E-state index contributed by atoms with van der Waals surface area (Å²) in [6.07, 6.45) is 4.40. The van der Waals surface area contributed by atoms with Gasteiger partial charge in [0.1, 0.15) is 5.60 Å². The van der Waals surface area contributed by atoms with Gasteiger partial charge in [0.05, 0.1) is 0 Å². The Hall–Kier alpha value is -0.810. The lowest BCUT2D eigenvalue weighted by Gasteiger charge is -2.26. The molecule has 20 heavy (non-hydrogen) atoms. The van der Waals surface area contributed by atoms with Crippen LogP contribution in [0.4, 0.5) is 4.79 Å². The number of rotatable bonds is 6. The first-order chi connectivity index (χ1) is 9.40. The van der Waals surface area contributed by atoms with Crippen LogP contribution in [0.3, 0.4) is 0 Å². The molecular weight excluding hydrogens is 254 g/mol. The molecule has 1 rings (SSSR count). The van der Waals surface area contributed by atoms with Crippen LogP contribution < -0.4 is 16.0 Å². The van der Waals surface area contributed by atoms with Crippen LogP contribution in [0.2, 0.25) is 0 Å². The van der Waals surface area contributed by atoms with Gasteiger partial charge < -0.3 is 20.7 Å². The van der Waals surface area contributed by atoms with Gasteiger partial charge in [-0.1, -0.05) is 13.3 Å². The fourth-order valence-corrected chi connectivity index (χ4v) is 2.30. The van der Waals surface area contributed by atoms with Gasteiger partial charge in [-0.05, 0) is 46.6 Å². The molecule has 0 saturated carbocycles. The molecule has 5 nitrogen and oxygen atoms in total. The molecule has 1 aliphatic rings. The van der Waals surface area contributed by atoms with Crippen LogP contribution in [-0.2, 0) is 4.74 Å². The van der Waals surface area contributed by atoms with Gasteiger partial charge in [-0.25, -0.2) is 4.79 Å². The predicted octanol–water partition coefficient (Wildman–Crippen LogP) is 2.02. The van der Waals surface area contributed by atoms with Gasteiger partial charge in [0.25, 0.3) is 0 Å². The molecule has 3 N–H and O–H groups in total. The van der Waals surface area contributed by atoms with Crippen LogP contribution >= 0.6 is 0 Å². The number of hydrogen-bond donors (Lipinski definition) is 3. The van der Waals surface area contributed by atoms with Crippen LogP contribution in [0.5, 0.6) is 0 Å². The van der Waals surface area contributed by atoms with Crippen molar-refractivity contribution >= 4 is 6.09 Å². The topological polar surface area (TPSA) is 62.4 Å². The lowest BCUT2D eigenvalue weighted by molar-refractivity contribution is 0.0502. The molecule has 0 bridgehead atoms. The minimum atomic E-state index is -0.443. The van der Waals surface area contributed by atoms with Crippen molar-refractivity contribution in [2.24, 2.45) is 0 Å². The summed E-state index contributed by atoms with van der Waals surface area (Å²) in [6.45, 7) is 10.6. The third kappa shape index (κ3) is 7.70. The van der Waals surface area contributed by atoms with Gasteiger partial charge >= 0.3 is 6.09 Å². The summed E-state index contributed by atoms with van der Waals surface area (Å²) < 4.78 is 5.28. The summed E-state index contributed by atoms with van der Waals surface area (Å²) in [6, 6.07) is 0.691. The van der Waals surface area contributed by atoms with E-state index < -0.39 is 5.60 Å². The summed E-state index contributed by atoms with van der Waals surface area (Å²) in [5, 5.41) is 9.87. The fraction of sp³-hybridized carbons (Fsp3) is 0.933. The minimum absolute atomic E-state index is 0.119. The smallest absolute Gasteiger partial charge is 0.407 e. The number of carbonyl (C=O) groups is 1. The summed E-state index contributed by atoms with van der Waals surface area (Å²) >= 11 is 0. The number of amides is 1. The molecule has 1 aliphatic heterocycles. The van der Waals surface area contributed by atoms with E-state index in [1.807, 2.05) is 20.8 Å². The van der Waals surface area contributed by atoms with E-state index in [4.69, 9.17) is 4.74 Å². The van der Waals surface area contributed by atoms with E-state index in [9.17, 15) is 4.79 Å². The maximum absolute atomic E-state index is 11.7. The highest BCUT2D eigenvalue weighted by atomic mass is 16.6. The first kappa shape index (κ1) is 17.2. The van der Waals surface area contributed by atoms with Gasteiger partial charge in [-0.15, -0.1) is 0 Å². The lowest BCUT2D eigenvalue weighted by atomic mass is 10.1. The molecule has 0 aromatic heterocycles. The van der Waals surface area contributed by atoms with E-state index in [1.54, 1.807) is 0 Å². The van der Waals surface area contributed by atoms with Crippen molar-refractivity contribution in [2.45, 2.75) is 71.1 Å². The molecule has 0 spiro atoms. The molecule has 0 aromatic carbocycles. The molecule has 0 aromatic rings. The van der Waals surface area contributed by atoms with Crippen molar-refractivity contribution in [3.63, 3.8) is 0 Å². The Kier molecular flexibility index (Phi) is 7.30. The Bertz CT molecular complexity index is 283. The standard InChI is InChI=1S/C15H31N3O2/c1-5-12(18-14(19)20-15(2,3)4)10-16-11-13-8-6-7-9-17-13/h12-13,16-17H,5-11H2,1-4H3,(H,18,19). The van der Waals surface area contributed by atoms with Crippen LogP contribution in [0, 0.1) is 0 Å². The van der Waals surface area contributed by atoms with Gasteiger partial charge in [-0.2, -0.15) is 0 Å². The Balaban J connectivity index is 2.19. The number of alkyl carbamates (subject to hydrolysis) is 1. The van der Waals surface area contributed by atoms with Crippen LogP contribution in [0.15, 0.2) is 0 Å². The lowest BCUT2D eigenvalue weighted by Crippen LogP contribution is -2.47. The summed E-state index contributed by atoms with van der Waals surface area (Å²) in [5.74, 6) is 0. The summed E-state index contributed by atoms with van der Waals surface area (Å²) in [4.78, 5) is 11.7. The number of nitrogens with one attached hydrogen (secondary N) is 3. The zero-order valence-electron chi connectivity index (χ0n) is 13.4. The average molecular weight is 285 g/mol. The average Bonchev–Trinajstić information content (AvgIpc) is 2.36. The van der Waals surface area contributed by atoms with Crippen molar-refractivity contribution in [3.05, 3.63) is 0 Å². The van der Waals surface area contributed by atoms with E-state index in [0.717, 1.165) is 26.1 Å². The Labute approximate surface area is 123 Å². The molecule has 2 unspecified atom stereocenters. The Morgan fingerprint density at radius 2 is 2.15 bits per heavy atom. The minimum Gasteiger partial charge on any atom is -0.444 e. The largest absolute Gasteiger partial charge is 0.444 e. The van der Waals surface area contributed by atoms with Crippen molar-refractivity contribution in [2.75, 3.05) is 19.6 Å². The summed E-state index contributed by atoms with van der Waals surface area (Å²) in [5.41, 5.74) is -0.443. The van der Waals surface area contributed by atoms with Crippen molar-refractivity contribution in [1.29, 1.82) is 0 Å². The highest BCUT2D eigenvalue weighted by molar-refractivity contribution is 5.68. The number of hydrogen-bond acceptors (Lipinski definition) is 4. The molecule has 118 valence electrons. The second-order valence-electron chi connectivity index (χ2n) is 6.56. The number of carbonyl (C=O) groups excluding carboxylic acids is 1. The van der Waals surface area contributed by atoms with Crippen LogP contribution in [0.1, 0.15) is 53.4 Å². The first-order valence-electron chi connectivity index (χ1n) is 7.84. The van der Waals surface area contributed by atoms with Gasteiger partial charge in [0.15, 0.2) is 0 Å². The van der Waals surface area contributed by atoms with E-state index >= 15 is 0 Å². The monoisotopic (exact) mass is 285 g/mol. The fourth-order valence-electron chi connectivity index (χ4n) is 2.30. The van der Waals surface area contributed by atoms with E-state index in [1.165, 1.54) is 19.3 Å². The quantitative estimate of drug-likeness (QED) is 0.699.